The molecule has 0 aliphatic carbocycles. The molecule has 81 heavy (non-hydrogen) atoms. The largest absolute Gasteiger partial charge is 0.454 e. The first-order chi connectivity index (χ1) is 39.7. The molecule has 468 valence electrons. The summed E-state index contributed by atoms with van der Waals surface area (Å²) in [6, 6.07) is -1.03. The van der Waals surface area contributed by atoms with Crippen LogP contribution in [0.15, 0.2) is 85.1 Å². The maximum atomic E-state index is 13.5. The van der Waals surface area contributed by atoms with Crippen LogP contribution in [0.3, 0.4) is 0 Å². The van der Waals surface area contributed by atoms with Gasteiger partial charge < -0.3 is 45.1 Å². The van der Waals surface area contributed by atoms with E-state index < -0.39 is 67.4 Å². The van der Waals surface area contributed by atoms with Gasteiger partial charge in [0.25, 0.3) is 0 Å². The van der Waals surface area contributed by atoms with Gasteiger partial charge in [-0.3, -0.25) is 9.59 Å². The summed E-state index contributed by atoms with van der Waals surface area (Å²) in [7, 11) is 0. The van der Waals surface area contributed by atoms with E-state index in [0.717, 1.165) is 103 Å². The maximum Gasteiger partial charge on any atom is 0.306 e. The van der Waals surface area contributed by atoms with Gasteiger partial charge in [-0.05, 0) is 96.3 Å². The zero-order valence-corrected chi connectivity index (χ0v) is 51.9. The quantitative estimate of drug-likeness (QED) is 0.0195. The molecular formula is C70H123NO10. The van der Waals surface area contributed by atoms with E-state index in [4.69, 9.17) is 14.2 Å². The number of aliphatic hydroxyl groups excluding tert-OH is 5. The summed E-state index contributed by atoms with van der Waals surface area (Å²) in [4.78, 5) is 26.6. The van der Waals surface area contributed by atoms with Crippen LogP contribution in [0.2, 0.25) is 0 Å². The van der Waals surface area contributed by atoms with E-state index in [0.29, 0.717) is 12.8 Å². The van der Waals surface area contributed by atoms with Gasteiger partial charge in [-0.15, -0.1) is 0 Å². The number of aliphatic hydroxyl groups is 5. The summed E-state index contributed by atoms with van der Waals surface area (Å²) >= 11 is 0. The smallest absolute Gasteiger partial charge is 0.306 e. The molecule has 1 heterocycles. The van der Waals surface area contributed by atoms with Crippen LogP contribution in [0.5, 0.6) is 0 Å². The molecule has 0 aromatic rings. The lowest BCUT2D eigenvalue weighted by atomic mass is 9.99. The highest BCUT2D eigenvalue weighted by atomic mass is 16.7. The molecule has 1 amide bonds. The first-order valence-corrected chi connectivity index (χ1v) is 33.4. The van der Waals surface area contributed by atoms with Crippen LogP contribution in [0.1, 0.15) is 284 Å². The molecule has 0 spiro atoms. The van der Waals surface area contributed by atoms with Crippen molar-refractivity contribution < 1.29 is 49.3 Å². The Balaban J connectivity index is 2.61. The lowest BCUT2D eigenvalue weighted by Crippen LogP contribution is -2.61. The van der Waals surface area contributed by atoms with E-state index in [9.17, 15) is 35.1 Å². The highest BCUT2D eigenvalue weighted by molar-refractivity contribution is 5.80. The van der Waals surface area contributed by atoms with E-state index in [1.807, 2.05) is 6.08 Å². The van der Waals surface area contributed by atoms with Crippen molar-refractivity contribution in [3.05, 3.63) is 85.1 Å². The molecule has 0 bridgehead atoms. The van der Waals surface area contributed by atoms with Crippen LogP contribution < -0.4 is 5.32 Å². The number of amides is 1. The van der Waals surface area contributed by atoms with Gasteiger partial charge in [0.05, 0.1) is 25.4 Å². The number of carbonyl (C=O) groups excluding carboxylic acids is 2. The molecule has 11 nitrogen and oxygen atoms in total. The summed E-state index contributed by atoms with van der Waals surface area (Å²) in [5.41, 5.74) is 0. The number of unbranched alkanes of at least 4 members (excludes halogenated alkanes) is 30. The Hall–Kier alpha value is -3.16. The third kappa shape index (κ3) is 45.0. The molecule has 1 rings (SSSR count). The summed E-state index contributed by atoms with van der Waals surface area (Å²) in [5, 5.41) is 57.1. The van der Waals surface area contributed by atoms with Gasteiger partial charge in [0.2, 0.25) is 5.91 Å². The van der Waals surface area contributed by atoms with Crippen molar-refractivity contribution in [2.75, 3.05) is 13.2 Å². The molecule has 1 fully saturated rings. The summed E-state index contributed by atoms with van der Waals surface area (Å²) in [5.74, 6) is -1.21. The SMILES string of the molecule is CC/C=C\C/C=C\C/C=C\C/C=C\C/C=C\CCCCCCCCCCCCC(O)C(=O)NC(COC1OC(CO)C(O)C(O)C1OC(=O)CCCCC/C=C\CCCCCCCC)C(O)/C=C/CCCCCCCCCCCCC. The molecule has 1 saturated heterocycles. The Morgan fingerprint density at radius 1 is 0.494 bits per heavy atom. The molecular weight excluding hydrogens is 1010 g/mol. The van der Waals surface area contributed by atoms with Gasteiger partial charge in [-0.25, -0.2) is 0 Å². The molecule has 1 aliphatic rings. The molecule has 0 radical (unpaired) electrons. The number of esters is 1. The van der Waals surface area contributed by atoms with Crippen molar-refractivity contribution in [2.45, 2.75) is 333 Å². The number of hydrogen-bond acceptors (Lipinski definition) is 10. The zero-order chi connectivity index (χ0) is 58.9. The van der Waals surface area contributed by atoms with Crippen molar-refractivity contribution in [1.82, 2.24) is 5.32 Å². The minimum atomic E-state index is -1.62. The van der Waals surface area contributed by atoms with Crippen molar-refractivity contribution in [1.29, 1.82) is 0 Å². The van der Waals surface area contributed by atoms with Gasteiger partial charge in [0.15, 0.2) is 12.4 Å². The van der Waals surface area contributed by atoms with Crippen LogP contribution in [-0.4, -0.2) is 99.6 Å². The molecule has 0 saturated carbocycles. The highest BCUT2D eigenvalue weighted by Crippen LogP contribution is 2.26. The van der Waals surface area contributed by atoms with E-state index >= 15 is 0 Å². The number of carbonyl (C=O) groups is 2. The Bertz CT molecular complexity index is 1640. The number of hydrogen-bond donors (Lipinski definition) is 6. The fourth-order valence-electron chi connectivity index (χ4n) is 10.0. The van der Waals surface area contributed by atoms with E-state index in [-0.39, 0.29) is 19.4 Å². The van der Waals surface area contributed by atoms with Crippen LogP contribution in [0.25, 0.3) is 0 Å². The van der Waals surface area contributed by atoms with Gasteiger partial charge in [0, 0.05) is 6.42 Å². The van der Waals surface area contributed by atoms with Crippen LogP contribution in [0.4, 0.5) is 0 Å². The maximum absolute atomic E-state index is 13.5. The van der Waals surface area contributed by atoms with Gasteiger partial charge in [0.1, 0.15) is 24.4 Å². The van der Waals surface area contributed by atoms with E-state index in [1.165, 1.54) is 135 Å². The minimum absolute atomic E-state index is 0.101. The molecule has 0 aromatic carbocycles. The molecule has 6 N–H and O–H groups in total. The lowest BCUT2D eigenvalue weighted by Gasteiger charge is -2.41. The standard InChI is InChI=1S/C70H123NO10/c1-4-7-10-13-16-19-22-25-26-27-28-29-30-31-32-33-34-35-36-37-40-42-45-48-51-54-57-63(74)69(78)71-61(62(73)56-53-50-47-44-41-38-23-20-17-14-11-8-5-2)60-79-70-68(67(77)66(76)64(59-72)80-70)81-65(75)58-55-52-49-46-43-39-24-21-18-15-12-9-6-3/h7,10,16,19,25-26,28-29,31-32,39,43,53,56,61-64,66-68,70,72-74,76-77H,4-6,8-9,11-15,17-18,20-24,27,30,33-38,40-42,44-52,54-55,57-60H2,1-3H3,(H,71,78)/b10-7-,19-16-,26-25-,29-28-,32-31-,43-39-,56-53+. The minimum Gasteiger partial charge on any atom is -0.454 e. The van der Waals surface area contributed by atoms with Crippen LogP contribution >= 0.6 is 0 Å². The zero-order valence-electron chi connectivity index (χ0n) is 51.9. The predicted molar refractivity (Wildman–Crippen MR) is 338 cm³/mol. The first kappa shape index (κ1) is 75.9. The van der Waals surface area contributed by atoms with Gasteiger partial charge in [-0.2, -0.15) is 0 Å². The second-order valence-corrected chi connectivity index (χ2v) is 22.8. The van der Waals surface area contributed by atoms with E-state index in [1.54, 1.807) is 6.08 Å². The topological polar surface area (TPSA) is 175 Å². The predicted octanol–water partition coefficient (Wildman–Crippen LogP) is 16.5. The normalized spacial score (nSPS) is 19.2. The van der Waals surface area contributed by atoms with Crippen LogP contribution in [0, 0.1) is 0 Å². The Morgan fingerprint density at radius 2 is 0.889 bits per heavy atom. The molecule has 8 atom stereocenters. The Morgan fingerprint density at radius 3 is 1.35 bits per heavy atom. The molecule has 1 aliphatic heterocycles. The summed E-state index contributed by atoms with van der Waals surface area (Å²) in [6.07, 6.45) is 64.8. The number of allylic oxidation sites excluding steroid dienone is 13. The van der Waals surface area contributed by atoms with Gasteiger partial charge in [-0.1, -0.05) is 266 Å². The van der Waals surface area contributed by atoms with Crippen LogP contribution in [-0.2, 0) is 23.8 Å². The molecule has 8 unspecified atom stereocenters. The Kier molecular flexibility index (Phi) is 53.6. The van der Waals surface area contributed by atoms with Crippen molar-refractivity contribution in [3.8, 4) is 0 Å². The van der Waals surface area contributed by atoms with Gasteiger partial charge >= 0.3 is 5.97 Å². The first-order valence-electron chi connectivity index (χ1n) is 33.4. The van der Waals surface area contributed by atoms with Crippen molar-refractivity contribution in [3.63, 3.8) is 0 Å². The number of rotatable bonds is 56. The highest BCUT2D eigenvalue weighted by Gasteiger charge is 2.47. The third-order valence-corrected chi connectivity index (χ3v) is 15.3. The summed E-state index contributed by atoms with van der Waals surface area (Å²) in [6.45, 7) is 5.67. The third-order valence-electron chi connectivity index (χ3n) is 15.3. The second-order valence-electron chi connectivity index (χ2n) is 22.8. The number of nitrogens with one attached hydrogen (secondary N) is 1. The average Bonchev–Trinajstić information content (AvgIpc) is 3.52. The fraction of sp³-hybridized carbons (Fsp3) is 0.771. The van der Waals surface area contributed by atoms with Crippen molar-refractivity contribution >= 4 is 11.9 Å². The second kappa shape index (κ2) is 57.3. The lowest BCUT2D eigenvalue weighted by molar-refractivity contribution is -0.305. The molecule has 0 aromatic heterocycles. The summed E-state index contributed by atoms with van der Waals surface area (Å²) < 4.78 is 17.6. The number of ether oxygens (including phenoxy) is 3. The monoisotopic (exact) mass is 1140 g/mol. The Labute approximate surface area is 495 Å². The van der Waals surface area contributed by atoms with E-state index in [2.05, 4.69) is 99.0 Å². The molecule has 11 heteroatoms. The fourth-order valence-corrected chi connectivity index (χ4v) is 10.0. The van der Waals surface area contributed by atoms with Crippen molar-refractivity contribution in [2.24, 2.45) is 0 Å². The average molecular weight is 1140 g/mol.